The number of amides is 1. The number of halogens is 2. The lowest BCUT2D eigenvalue weighted by molar-refractivity contribution is 0.102. The summed E-state index contributed by atoms with van der Waals surface area (Å²) in [6.45, 7) is 0. The Morgan fingerprint density at radius 3 is 2.70 bits per heavy atom. The van der Waals surface area contributed by atoms with Gasteiger partial charge in [0.25, 0.3) is 15.9 Å². The summed E-state index contributed by atoms with van der Waals surface area (Å²) in [4.78, 5) is 11.8. The van der Waals surface area contributed by atoms with Gasteiger partial charge in [-0.15, -0.1) is 10.2 Å². The molecule has 1 aromatic carbocycles. The van der Waals surface area contributed by atoms with E-state index in [1.54, 1.807) is 0 Å². The molecule has 0 aliphatic carbocycles. The molecule has 0 spiro atoms. The molecular formula is C10H8ClFN4O3S. The molecule has 10 heteroatoms. The third kappa shape index (κ3) is 3.11. The summed E-state index contributed by atoms with van der Waals surface area (Å²) >= 11 is 5.75. The number of anilines is 1. The first-order valence-electron chi connectivity index (χ1n) is 5.16. The lowest BCUT2D eigenvalue weighted by Gasteiger charge is -2.04. The van der Waals surface area contributed by atoms with Gasteiger partial charge in [0.1, 0.15) is 5.82 Å². The van der Waals surface area contributed by atoms with Gasteiger partial charge < -0.3 is 5.32 Å². The average Bonchev–Trinajstić information content (AvgIpc) is 2.82. The number of nitrogens with zero attached hydrogens (tertiary/aromatic N) is 3. The van der Waals surface area contributed by atoms with E-state index in [-0.39, 0.29) is 16.4 Å². The molecular weight excluding hydrogens is 311 g/mol. The molecule has 0 aliphatic rings. The smallest absolute Gasteiger partial charge is 0.277 e. The lowest BCUT2D eigenvalue weighted by atomic mass is 10.3. The van der Waals surface area contributed by atoms with E-state index in [9.17, 15) is 17.6 Å². The highest BCUT2D eigenvalue weighted by molar-refractivity contribution is 7.88. The standard InChI is InChI=1S/C10H8ClFN4O3S/c1-20(18,19)16-13-5-9(15-16)10(17)14-8-3-2-6(12)4-7(8)11/h2-5H,1H3,(H,14,17). The molecule has 0 saturated carbocycles. The highest BCUT2D eigenvalue weighted by atomic mass is 35.5. The molecule has 1 amide bonds. The zero-order valence-corrected chi connectivity index (χ0v) is 11.6. The van der Waals surface area contributed by atoms with Gasteiger partial charge in [-0.05, 0) is 18.2 Å². The number of rotatable bonds is 3. The maximum Gasteiger partial charge on any atom is 0.277 e. The molecule has 106 valence electrons. The molecule has 0 radical (unpaired) electrons. The Bertz CT molecular complexity index is 775. The molecule has 2 aromatic rings. The second-order valence-corrected chi connectivity index (χ2v) is 5.99. The molecule has 0 bridgehead atoms. The summed E-state index contributed by atoms with van der Waals surface area (Å²) in [5.41, 5.74) is -0.0391. The second kappa shape index (κ2) is 5.17. The molecule has 7 nitrogen and oxygen atoms in total. The van der Waals surface area contributed by atoms with Crippen molar-refractivity contribution in [2.24, 2.45) is 0 Å². The Labute approximate surface area is 118 Å². The Balaban J connectivity index is 2.22. The summed E-state index contributed by atoms with van der Waals surface area (Å²) in [5, 5.41) is 9.34. The van der Waals surface area contributed by atoms with Crippen LogP contribution in [0.15, 0.2) is 24.4 Å². The molecule has 0 unspecified atom stereocenters. The minimum Gasteiger partial charge on any atom is -0.319 e. The third-order valence-corrected chi connectivity index (χ3v) is 3.26. The Morgan fingerprint density at radius 1 is 1.45 bits per heavy atom. The predicted molar refractivity (Wildman–Crippen MR) is 69.6 cm³/mol. The van der Waals surface area contributed by atoms with Crippen molar-refractivity contribution in [3.8, 4) is 0 Å². The maximum atomic E-state index is 12.9. The minimum atomic E-state index is -3.66. The number of nitrogens with one attached hydrogen (secondary N) is 1. The van der Waals surface area contributed by atoms with Crippen molar-refractivity contribution in [2.75, 3.05) is 11.6 Å². The number of carbonyl (C=O) groups excluding carboxylic acids is 1. The Kier molecular flexibility index (Phi) is 3.73. The van der Waals surface area contributed by atoms with E-state index in [0.717, 1.165) is 24.6 Å². The van der Waals surface area contributed by atoms with Crippen molar-refractivity contribution >= 4 is 33.2 Å². The molecule has 0 aliphatic heterocycles. The number of benzene rings is 1. The molecule has 2 rings (SSSR count). The van der Waals surface area contributed by atoms with Gasteiger partial charge in [0.2, 0.25) is 0 Å². The van der Waals surface area contributed by atoms with Gasteiger partial charge >= 0.3 is 0 Å². The van der Waals surface area contributed by atoms with E-state index in [1.165, 1.54) is 6.07 Å². The van der Waals surface area contributed by atoms with Crippen molar-refractivity contribution in [1.82, 2.24) is 14.4 Å². The third-order valence-electron chi connectivity index (χ3n) is 2.18. The van der Waals surface area contributed by atoms with Crippen molar-refractivity contribution in [1.29, 1.82) is 0 Å². The average molecular weight is 319 g/mol. The summed E-state index contributed by atoms with van der Waals surface area (Å²) in [6, 6.07) is 3.43. The van der Waals surface area contributed by atoms with Crippen LogP contribution in [0.3, 0.4) is 0 Å². The molecule has 0 saturated heterocycles. The Morgan fingerprint density at radius 2 is 2.15 bits per heavy atom. The van der Waals surface area contributed by atoms with E-state index in [1.807, 2.05) is 0 Å². The molecule has 0 fully saturated rings. The van der Waals surface area contributed by atoms with Crippen LogP contribution in [0.4, 0.5) is 10.1 Å². The number of hydrogen-bond donors (Lipinski definition) is 1. The zero-order valence-electron chi connectivity index (χ0n) is 10.0. The van der Waals surface area contributed by atoms with Crippen LogP contribution in [0, 0.1) is 5.82 Å². The first-order valence-corrected chi connectivity index (χ1v) is 7.39. The molecule has 1 N–H and O–H groups in total. The van der Waals surface area contributed by atoms with Gasteiger partial charge in [-0.3, -0.25) is 4.79 Å². The molecule has 1 heterocycles. The zero-order chi connectivity index (χ0) is 14.9. The quantitative estimate of drug-likeness (QED) is 0.915. The topological polar surface area (TPSA) is 94.0 Å². The molecule has 0 atom stereocenters. The lowest BCUT2D eigenvalue weighted by Crippen LogP contribution is -2.16. The number of carbonyl (C=O) groups is 1. The SMILES string of the molecule is CS(=O)(=O)n1ncc(C(=O)Nc2ccc(F)cc2Cl)n1. The van der Waals surface area contributed by atoms with Crippen LogP contribution < -0.4 is 5.32 Å². The Hall–Kier alpha value is -2.00. The van der Waals surface area contributed by atoms with Crippen molar-refractivity contribution in [2.45, 2.75) is 0 Å². The van der Waals surface area contributed by atoms with Crippen LogP contribution >= 0.6 is 11.6 Å². The molecule has 20 heavy (non-hydrogen) atoms. The normalized spacial score (nSPS) is 11.3. The summed E-state index contributed by atoms with van der Waals surface area (Å²) in [6.07, 6.45) is 1.89. The first kappa shape index (κ1) is 14.4. The van der Waals surface area contributed by atoms with Crippen molar-refractivity contribution in [3.05, 3.63) is 40.9 Å². The maximum absolute atomic E-state index is 12.9. The van der Waals surface area contributed by atoms with Gasteiger partial charge in [0.15, 0.2) is 5.69 Å². The minimum absolute atomic E-state index is 0.00820. The fourth-order valence-electron chi connectivity index (χ4n) is 1.29. The van der Waals surface area contributed by atoms with Crippen LogP contribution in [0.2, 0.25) is 5.02 Å². The monoisotopic (exact) mass is 318 g/mol. The summed E-state index contributed by atoms with van der Waals surface area (Å²) < 4.78 is 35.6. The summed E-state index contributed by atoms with van der Waals surface area (Å²) in [5.74, 6) is -1.26. The highest BCUT2D eigenvalue weighted by Crippen LogP contribution is 2.22. The van der Waals surface area contributed by atoms with Gasteiger partial charge in [-0.2, -0.15) is 0 Å². The van der Waals surface area contributed by atoms with Crippen LogP contribution in [0.5, 0.6) is 0 Å². The van der Waals surface area contributed by atoms with E-state index in [4.69, 9.17) is 11.6 Å². The van der Waals surface area contributed by atoms with Crippen molar-refractivity contribution < 1.29 is 17.6 Å². The van der Waals surface area contributed by atoms with Gasteiger partial charge in [0, 0.05) is 0 Å². The first-order chi connectivity index (χ1) is 9.27. The fourth-order valence-corrected chi connectivity index (χ4v) is 1.96. The van der Waals surface area contributed by atoms with Gasteiger partial charge in [-0.1, -0.05) is 15.8 Å². The highest BCUT2D eigenvalue weighted by Gasteiger charge is 2.16. The van der Waals surface area contributed by atoms with Crippen LogP contribution in [-0.4, -0.2) is 35.0 Å². The second-order valence-electron chi connectivity index (χ2n) is 3.79. The van der Waals surface area contributed by atoms with Gasteiger partial charge in [0.05, 0.1) is 23.2 Å². The van der Waals surface area contributed by atoms with E-state index < -0.39 is 21.7 Å². The van der Waals surface area contributed by atoms with Gasteiger partial charge in [-0.25, -0.2) is 12.8 Å². The van der Waals surface area contributed by atoms with Crippen LogP contribution in [-0.2, 0) is 10.0 Å². The fraction of sp³-hybridized carbons (Fsp3) is 0.100. The predicted octanol–water partition coefficient (Wildman–Crippen LogP) is 1.13. The van der Waals surface area contributed by atoms with Crippen LogP contribution in [0.25, 0.3) is 0 Å². The molecule has 1 aromatic heterocycles. The summed E-state index contributed by atoms with van der Waals surface area (Å²) in [7, 11) is -3.66. The van der Waals surface area contributed by atoms with E-state index >= 15 is 0 Å². The number of hydrogen-bond acceptors (Lipinski definition) is 5. The van der Waals surface area contributed by atoms with E-state index in [0.29, 0.717) is 4.20 Å². The van der Waals surface area contributed by atoms with Crippen molar-refractivity contribution in [3.63, 3.8) is 0 Å². The van der Waals surface area contributed by atoms with Crippen LogP contribution in [0.1, 0.15) is 10.5 Å². The largest absolute Gasteiger partial charge is 0.319 e. The van der Waals surface area contributed by atoms with E-state index in [2.05, 4.69) is 15.5 Å². The number of aromatic nitrogens is 3.